The topological polar surface area (TPSA) is 121 Å². The van der Waals surface area contributed by atoms with Crippen molar-refractivity contribution in [3.8, 4) is 0 Å². The molecular formula is C19H13Cl2FN6O4. The number of aromatic nitrogens is 4. The van der Waals surface area contributed by atoms with Crippen molar-refractivity contribution in [1.82, 2.24) is 19.6 Å². The van der Waals surface area contributed by atoms with E-state index in [0.717, 1.165) is 6.20 Å². The van der Waals surface area contributed by atoms with Gasteiger partial charge >= 0.3 is 5.69 Å². The summed E-state index contributed by atoms with van der Waals surface area (Å²) in [5.74, 6) is -0.702. The molecular weight excluding hydrogens is 466 g/mol. The van der Waals surface area contributed by atoms with E-state index < -0.39 is 16.6 Å². The number of hydrogen-bond acceptors (Lipinski definition) is 6. The van der Waals surface area contributed by atoms with E-state index in [2.05, 4.69) is 15.5 Å². The minimum absolute atomic E-state index is 0.0159. The van der Waals surface area contributed by atoms with Crippen LogP contribution < -0.4 is 5.32 Å². The van der Waals surface area contributed by atoms with Crippen LogP contribution >= 0.6 is 23.2 Å². The Labute approximate surface area is 189 Å². The first-order valence-electron chi connectivity index (χ1n) is 9.03. The molecule has 10 nitrogen and oxygen atoms in total. The van der Waals surface area contributed by atoms with Gasteiger partial charge in [0.05, 0.1) is 18.0 Å². The van der Waals surface area contributed by atoms with Gasteiger partial charge in [0.25, 0.3) is 5.91 Å². The van der Waals surface area contributed by atoms with E-state index in [0.29, 0.717) is 5.76 Å². The van der Waals surface area contributed by atoms with E-state index >= 15 is 0 Å². The molecule has 1 N–H and O–H groups in total. The lowest BCUT2D eigenvalue weighted by molar-refractivity contribution is -0.385. The maximum Gasteiger partial charge on any atom is 0.307 e. The quantitative estimate of drug-likeness (QED) is 0.310. The highest BCUT2D eigenvalue weighted by molar-refractivity contribution is 6.33. The zero-order valence-corrected chi connectivity index (χ0v) is 17.5. The third-order valence-corrected chi connectivity index (χ3v) is 5.00. The summed E-state index contributed by atoms with van der Waals surface area (Å²) in [7, 11) is 0. The first kappa shape index (κ1) is 21.5. The van der Waals surface area contributed by atoms with Crippen LogP contribution in [0.4, 0.5) is 15.9 Å². The molecule has 1 aromatic carbocycles. The van der Waals surface area contributed by atoms with Crippen LogP contribution in [0.15, 0.2) is 53.3 Å². The molecule has 0 aliphatic heterocycles. The number of anilines is 1. The van der Waals surface area contributed by atoms with Crippen molar-refractivity contribution in [2.24, 2.45) is 0 Å². The van der Waals surface area contributed by atoms with Gasteiger partial charge < -0.3 is 9.73 Å². The number of benzene rings is 1. The van der Waals surface area contributed by atoms with Gasteiger partial charge in [-0.2, -0.15) is 10.2 Å². The molecule has 164 valence electrons. The number of halogens is 3. The second-order valence-corrected chi connectivity index (χ2v) is 7.41. The molecule has 0 aliphatic carbocycles. The molecule has 0 radical (unpaired) electrons. The van der Waals surface area contributed by atoms with Crippen molar-refractivity contribution in [2.45, 2.75) is 13.1 Å². The van der Waals surface area contributed by atoms with Gasteiger partial charge in [0.15, 0.2) is 11.6 Å². The molecule has 1 amide bonds. The fraction of sp³-hybridized carbons (Fsp3) is 0.105. The van der Waals surface area contributed by atoms with Crippen LogP contribution in [0.3, 0.4) is 0 Å². The van der Waals surface area contributed by atoms with Crippen molar-refractivity contribution >= 4 is 40.6 Å². The van der Waals surface area contributed by atoms with Gasteiger partial charge in [0.1, 0.15) is 29.0 Å². The number of carbonyl (C=O) groups is 1. The third kappa shape index (κ3) is 4.63. The number of hydrogen-bond donors (Lipinski definition) is 1. The van der Waals surface area contributed by atoms with Gasteiger partial charge in [0, 0.05) is 16.8 Å². The maximum absolute atomic E-state index is 14.0. The minimum Gasteiger partial charge on any atom is -0.454 e. The lowest BCUT2D eigenvalue weighted by Crippen LogP contribution is -2.12. The monoisotopic (exact) mass is 478 g/mol. The Bertz CT molecular complexity index is 1290. The normalized spacial score (nSPS) is 11.0. The summed E-state index contributed by atoms with van der Waals surface area (Å²) in [4.78, 5) is 22.7. The highest BCUT2D eigenvalue weighted by Gasteiger charge is 2.18. The SMILES string of the molecule is O=C(Nc1nn(Cc2c(F)cccc2Cl)cc1Cl)c1ccc(Cn2cc([N+](=O)[O-])cn2)o1. The summed E-state index contributed by atoms with van der Waals surface area (Å²) in [5.41, 5.74) is 0.0807. The largest absolute Gasteiger partial charge is 0.454 e. The molecule has 3 aromatic heterocycles. The Morgan fingerprint density at radius 1 is 1.16 bits per heavy atom. The fourth-order valence-electron chi connectivity index (χ4n) is 2.86. The van der Waals surface area contributed by atoms with E-state index in [1.807, 2.05) is 0 Å². The number of furan rings is 1. The van der Waals surface area contributed by atoms with E-state index in [4.69, 9.17) is 27.6 Å². The van der Waals surface area contributed by atoms with Crippen molar-refractivity contribution in [1.29, 1.82) is 0 Å². The van der Waals surface area contributed by atoms with E-state index in [9.17, 15) is 19.3 Å². The Balaban J connectivity index is 1.43. The molecule has 4 rings (SSSR count). The fourth-order valence-corrected chi connectivity index (χ4v) is 3.28. The molecule has 4 aromatic rings. The Hall–Kier alpha value is -3.70. The van der Waals surface area contributed by atoms with E-state index in [1.54, 1.807) is 12.1 Å². The van der Waals surface area contributed by atoms with Crippen molar-refractivity contribution in [3.05, 3.63) is 92.0 Å². The predicted octanol–water partition coefficient (Wildman–Crippen LogP) is 4.38. The summed E-state index contributed by atoms with van der Waals surface area (Å²) in [5, 5.41) is 21.7. The van der Waals surface area contributed by atoms with Crippen LogP contribution in [0, 0.1) is 15.9 Å². The average molecular weight is 479 g/mol. The van der Waals surface area contributed by atoms with Gasteiger partial charge in [-0.3, -0.25) is 24.3 Å². The maximum atomic E-state index is 14.0. The molecule has 13 heteroatoms. The van der Waals surface area contributed by atoms with Crippen LogP contribution in [0.5, 0.6) is 0 Å². The lowest BCUT2D eigenvalue weighted by Gasteiger charge is -2.05. The van der Waals surface area contributed by atoms with Crippen LogP contribution in [-0.2, 0) is 13.1 Å². The van der Waals surface area contributed by atoms with Gasteiger partial charge in [0.2, 0.25) is 0 Å². The van der Waals surface area contributed by atoms with Crippen molar-refractivity contribution in [3.63, 3.8) is 0 Å². The molecule has 0 aliphatic rings. The molecule has 32 heavy (non-hydrogen) atoms. The molecule has 0 fully saturated rings. The summed E-state index contributed by atoms with van der Waals surface area (Å²) in [6.45, 7) is 0.113. The number of carbonyl (C=O) groups excluding carboxylic acids is 1. The second kappa shape index (κ2) is 8.81. The summed E-state index contributed by atoms with van der Waals surface area (Å²) in [6.07, 6.45) is 3.79. The molecule has 0 unspecified atom stereocenters. The number of nitrogens with one attached hydrogen (secondary N) is 1. The van der Waals surface area contributed by atoms with Gasteiger partial charge in [-0.25, -0.2) is 4.39 Å². The first-order valence-corrected chi connectivity index (χ1v) is 9.78. The zero-order valence-electron chi connectivity index (χ0n) is 16.0. The first-order chi connectivity index (χ1) is 15.3. The van der Waals surface area contributed by atoms with Crippen LogP contribution in [0.2, 0.25) is 10.0 Å². The van der Waals surface area contributed by atoms with E-state index in [1.165, 1.54) is 40.0 Å². The highest BCUT2D eigenvalue weighted by atomic mass is 35.5. The average Bonchev–Trinajstić information content (AvgIpc) is 3.46. The van der Waals surface area contributed by atoms with Gasteiger partial charge in [-0.1, -0.05) is 29.3 Å². The summed E-state index contributed by atoms with van der Waals surface area (Å²) >= 11 is 12.2. The van der Waals surface area contributed by atoms with Crippen LogP contribution in [-0.4, -0.2) is 30.4 Å². The summed E-state index contributed by atoms with van der Waals surface area (Å²) < 4.78 is 22.1. The highest BCUT2D eigenvalue weighted by Crippen LogP contribution is 2.24. The van der Waals surface area contributed by atoms with Gasteiger partial charge in [-0.05, 0) is 24.3 Å². The third-order valence-electron chi connectivity index (χ3n) is 4.36. The summed E-state index contributed by atoms with van der Waals surface area (Å²) in [6, 6.07) is 7.32. The van der Waals surface area contributed by atoms with Crippen LogP contribution in [0.25, 0.3) is 0 Å². The van der Waals surface area contributed by atoms with Crippen molar-refractivity contribution < 1.29 is 18.5 Å². The predicted molar refractivity (Wildman–Crippen MR) is 112 cm³/mol. The second-order valence-electron chi connectivity index (χ2n) is 6.60. The molecule has 0 saturated heterocycles. The number of nitrogens with zero attached hydrogens (tertiary/aromatic N) is 5. The standard InChI is InChI=1S/C19H13Cl2FN6O4/c20-14-2-1-3-16(22)13(14)9-27-10-15(21)18(25-27)24-19(29)17-5-4-12(32-17)8-26-7-11(6-23-26)28(30)31/h1-7,10H,8-9H2,(H,24,25,29). The minimum atomic E-state index is -0.612. The smallest absolute Gasteiger partial charge is 0.307 e. The zero-order chi connectivity index (χ0) is 22.8. The molecule has 0 bridgehead atoms. The molecule has 3 heterocycles. The lowest BCUT2D eigenvalue weighted by atomic mass is 10.2. The van der Waals surface area contributed by atoms with Crippen molar-refractivity contribution in [2.75, 3.05) is 5.32 Å². The molecule has 0 saturated carbocycles. The number of rotatable bonds is 7. The Kier molecular flexibility index (Phi) is 5.93. The van der Waals surface area contributed by atoms with E-state index in [-0.39, 0.29) is 46.0 Å². The molecule has 0 atom stereocenters. The van der Waals surface area contributed by atoms with Crippen LogP contribution in [0.1, 0.15) is 21.9 Å². The Morgan fingerprint density at radius 2 is 1.97 bits per heavy atom. The number of nitro groups is 1. The Morgan fingerprint density at radius 3 is 2.69 bits per heavy atom. The molecule has 0 spiro atoms. The van der Waals surface area contributed by atoms with Gasteiger partial charge in [-0.15, -0.1) is 0 Å². The number of amides is 1.